The molecule has 2 atom stereocenters. The molecule has 174 valence electrons. The van der Waals surface area contributed by atoms with Crippen molar-refractivity contribution in [3.8, 4) is 11.5 Å². The summed E-state index contributed by atoms with van der Waals surface area (Å²) in [6, 6.07) is 4.16. The largest absolute Gasteiger partial charge is 0.417 e. The Morgan fingerprint density at radius 3 is 2.42 bits per heavy atom. The van der Waals surface area contributed by atoms with E-state index in [9.17, 15) is 18.0 Å². The van der Waals surface area contributed by atoms with Crippen molar-refractivity contribution in [3.63, 3.8) is 0 Å². The molecule has 3 aromatic heterocycles. The average molecular weight is 458 g/mol. The van der Waals surface area contributed by atoms with Crippen molar-refractivity contribution >= 4 is 17.4 Å². The Morgan fingerprint density at radius 2 is 1.79 bits per heavy atom. The highest BCUT2D eigenvalue weighted by Gasteiger charge is 2.50. The number of anilines is 1. The van der Waals surface area contributed by atoms with Crippen LogP contribution < -0.4 is 4.90 Å². The second kappa shape index (κ2) is 7.43. The lowest BCUT2D eigenvalue weighted by Gasteiger charge is -2.46. The van der Waals surface area contributed by atoms with Crippen LogP contribution in [0.3, 0.4) is 0 Å². The third-order valence-electron chi connectivity index (χ3n) is 6.70. The monoisotopic (exact) mass is 458 g/mol. The zero-order chi connectivity index (χ0) is 23.5. The Morgan fingerprint density at radius 1 is 1.09 bits per heavy atom. The van der Waals surface area contributed by atoms with E-state index in [1.807, 2.05) is 25.7 Å². The summed E-state index contributed by atoms with van der Waals surface area (Å²) in [6.45, 7) is 7.34. The van der Waals surface area contributed by atoms with E-state index in [1.165, 1.54) is 16.7 Å². The molecule has 2 aliphatic rings. The molecule has 0 spiro atoms. The van der Waals surface area contributed by atoms with Crippen LogP contribution in [-0.2, 0) is 11.0 Å². The lowest BCUT2D eigenvalue weighted by molar-refractivity contribution is -0.141. The van der Waals surface area contributed by atoms with Crippen molar-refractivity contribution in [3.05, 3.63) is 42.4 Å². The number of carbonyl (C=O) groups is 1. The van der Waals surface area contributed by atoms with E-state index in [0.29, 0.717) is 36.1 Å². The summed E-state index contributed by atoms with van der Waals surface area (Å²) in [5.74, 6) is 1.19. The Bertz CT molecular complexity index is 1210. The van der Waals surface area contributed by atoms with Crippen molar-refractivity contribution in [1.82, 2.24) is 24.3 Å². The minimum atomic E-state index is -4.46. The molecule has 1 saturated heterocycles. The Hall–Kier alpha value is -3.17. The Labute approximate surface area is 189 Å². The molecule has 10 heteroatoms. The van der Waals surface area contributed by atoms with Gasteiger partial charge in [-0.15, -0.1) is 0 Å². The van der Waals surface area contributed by atoms with Gasteiger partial charge < -0.3 is 9.80 Å². The van der Waals surface area contributed by atoms with Gasteiger partial charge in [-0.05, 0) is 44.9 Å². The number of carbonyl (C=O) groups excluding carboxylic acids is 1. The maximum atomic E-state index is 13.2. The Balaban J connectivity index is 1.43. The molecule has 0 unspecified atom stereocenters. The number of nitrogens with zero attached hydrogens (tertiary/aromatic N) is 6. The molecule has 7 nitrogen and oxygen atoms in total. The van der Waals surface area contributed by atoms with Gasteiger partial charge in [-0.3, -0.25) is 9.20 Å². The Kier molecular flexibility index (Phi) is 4.88. The quantitative estimate of drug-likeness (QED) is 0.593. The van der Waals surface area contributed by atoms with Gasteiger partial charge in [0.1, 0.15) is 17.2 Å². The van der Waals surface area contributed by atoms with Gasteiger partial charge in [0.05, 0.1) is 11.8 Å². The molecule has 0 bridgehead atoms. The number of hydrogen-bond donors (Lipinski definition) is 0. The first-order valence-electron chi connectivity index (χ1n) is 11.0. The zero-order valence-electron chi connectivity index (χ0n) is 18.7. The molecule has 1 saturated carbocycles. The predicted molar refractivity (Wildman–Crippen MR) is 117 cm³/mol. The van der Waals surface area contributed by atoms with E-state index >= 15 is 0 Å². The number of fused-ring (bicyclic) bond motifs is 1. The van der Waals surface area contributed by atoms with Crippen molar-refractivity contribution in [1.29, 1.82) is 0 Å². The molecule has 33 heavy (non-hydrogen) atoms. The highest BCUT2D eigenvalue weighted by atomic mass is 19.4. The van der Waals surface area contributed by atoms with Gasteiger partial charge in [0.2, 0.25) is 5.91 Å². The molecule has 4 heterocycles. The fraction of sp³-hybridized carbons (Fsp3) is 0.478. The minimum Gasteiger partial charge on any atom is -0.352 e. The number of aromatic nitrogens is 4. The summed E-state index contributed by atoms with van der Waals surface area (Å²) in [6.07, 6.45) is 1.52. The van der Waals surface area contributed by atoms with Crippen LogP contribution in [-0.4, -0.2) is 55.3 Å². The standard InChI is InChI=1S/C23H25F3N6O/c1-14-11-30(12-15(2)32(14)21(33)22(3)7-8-22)19-6-9-27-20(29-19)17-10-28-18-5-4-16(13-31(17)18)23(24,25)26/h4-6,9-10,13-15H,7-8,11-12H2,1-3H3/t14-,15+. The first-order valence-corrected chi connectivity index (χ1v) is 11.0. The summed E-state index contributed by atoms with van der Waals surface area (Å²) in [5, 5.41) is 0. The average Bonchev–Trinajstić information content (AvgIpc) is 3.38. The lowest BCUT2D eigenvalue weighted by Crippen LogP contribution is -2.60. The highest BCUT2D eigenvalue weighted by Crippen LogP contribution is 2.47. The molecule has 0 N–H and O–H groups in total. The smallest absolute Gasteiger partial charge is 0.352 e. The maximum Gasteiger partial charge on any atom is 0.417 e. The lowest BCUT2D eigenvalue weighted by atomic mass is 10.0. The topological polar surface area (TPSA) is 66.6 Å². The van der Waals surface area contributed by atoms with E-state index < -0.39 is 11.7 Å². The van der Waals surface area contributed by atoms with Gasteiger partial charge >= 0.3 is 6.18 Å². The summed E-state index contributed by atoms with van der Waals surface area (Å²) >= 11 is 0. The molecule has 5 rings (SSSR count). The minimum absolute atomic E-state index is 0.0160. The first-order chi connectivity index (χ1) is 15.6. The van der Waals surface area contributed by atoms with Crippen LogP contribution in [0.15, 0.2) is 36.8 Å². The third-order valence-corrected chi connectivity index (χ3v) is 6.70. The van der Waals surface area contributed by atoms with Gasteiger partial charge in [0.15, 0.2) is 5.82 Å². The molecule has 2 fully saturated rings. The number of hydrogen-bond acceptors (Lipinski definition) is 5. The molecule has 1 amide bonds. The molecule has 3 aromatic rings. The molecular weight excluding hydrogens is 433 g/mol. The maximum absolute atomic E-state index is 13.2. The number of rotatable bonds is 3. The van der Waals surface area contributed by atoms with E-state index in [4.69, 9.17) is 0 Å². The van der Waals surface area contributed by atoms with Gasteiger partial charge in [-0.25, -0.2) is 15.0 Å². The number of amides is 1. The van der Waals surface area contributed by atoms with Crippen LogP contribution in [0, 0.1) is 5.41 Å². The number of halogens is 3. The first kappa shape index (κ1) is 21.7. The van der Waals surface area contributed by atoms with E-state index in [1.54, 1.807) is 12.3 Å². The number of pyridine rings is 1. The van der Waals surface area contributed by atoms with Crippen molar-refractivity contribution in [2.75, 3.05) is 18.0 Å². The molecule has 1 aliphatic carbocycles. The van der Waals surface area contributed by atoms with Gasteiger partial charge in [-0.1, -0.05) is 6.92 Å². The summed E-state index contributed by atoms with van der Waals surface area (Å²) in [5.41, 5.74) is -0.215. The van der Waals surface area contributed by atoms with Crippen LogP contribution >= 0.6 is 0 Å². The number of alkyl halides is 3. The second-order valence-electron chi connectivity index (χ2n) is 9.40. The van der Waals surface area contributed by atoms with Crippen LogP contribution in [0.25, 0.3) is 17.2 Å². The summed E-state index contributed by atoms with van der Waals surface area (Å²) in [7, 11) is 0. The van der Waals surface area contributed by atoms with Crippen LogP contribution in [0.1, 0.15) is 39.2 Å². The van der Waals surface area contributed by atoms with Crippen molar-refractivity contribution in [2.45, 2.75) is 51.9 Å². The third kappa shape index (κ3) is 3.81. The second-order valence-corrected chi connectivity index (χ2v) is 9.40. The summed E-state index contributed by atoms with van der Waals surface area (Å²) in [4.78, 5) is 30.2. The summed E-state index contributed by atoms with van der Waals surface area (Å²) < 4.78 is 41.0. The number of imidazole rings is 1. The highest BCUT2D eigenvalue weighted by molar-refractivity contribution is 5.85. The SMILES string of the molecule is C[C@@H]1CN(c2ccnc(-c3cnc4ccc(C(F)(F)F)cn34)n2)C[C@H](C)N1C(=O)C1(C)CC1. The fourth-order valence-electron chi connectivity index (χ4n) is 4.59. The van der Waals surface area contributed by atoms with Gasteiger partial charge in [0, 0.05) is 43.0 Å². The van der Waals surface area contributed by atoms with E-state index in [-0.39, 0.29) is 23.4 Å². The van der Waals surface area contributed by atoms with Crippen LogP contribution in [0.5, 0.6) is 0 Å². The molecule has 1 aliphatic heterocycles. The predicted octanol–water partition coefficient (Wildman–Crippen LogP) is 4.04. The van der Waals surface area contributed by atoms with Gasteiger partial charge in [0.25, 0.3) is 0 Å². The fourth-order valence-corrected chi connectivity index (χ4v) is 4.59. The zero-order valence-corrected chi connectivity index (χ0v) is 18.7. The van der Waals surface area contributed by atoms with Crippen LogP contribution in [0.4, 0.5) is 19.0 Å². The van der Waals surface area contributed by atoms with Crippen molar-refractivity contribution < 1.29 is 18.0 Å². The van der Waals surface area contributed by atoms with Crippen molar-refractivity contribution in [2.24, 2.45) is 5.41 Å². The molecular formula is C23H25F3N6O. The van der Waals surface area contributed by atoms with Crippen LogP contribution in [0.2, 0.25) is 0 Å². The normalized spacial score (nSPS) is 22.6. The van der Waals surface area contributed by atoms with Gasteiger partial charge in [-0.2, -0.15) is 13.2 Å². The molecule has 0 radical (unpaired) electrons. The number of piperazine rings is 1. The molecule has 0 aromatic carbocycles. The van der Waals surface area contributed by atoms with E-state index in [2.05, 4.69) is 19.9 Å². The van der Waals surface area contributed by atoms with E-state index in [0.717, 1.165) is 25.1 Å².